The van der Waals surface area contributed by atoms with Crippen LogP contribution in [-0.2, 0) is 17.7 Å². The number of aromatic amines is 1. The normalized spacial score (nSPS) is 19.9. The Bertz CT molecular complexity index is 608. The summed E-state index contributed by atoms with van der Waals surface area (Å²) < 4.78 is 11.0. The summed E-state index contributed by atoms with van der Waals surface area (Å²) in [5.41, 5.74) is 0. The van der Waals surface area contributed by atoms with Crippen LogP contribution >= 0.6 is 0 Å². The van der Waals surface area contributed by atoms with Crippen LogP contribution in [-0.4, -0.2) is 49.9 Å². The van der Waals surface area contributed by atoms with Crippen LogP contribution in [0, 0.1) is 12.8 Å². The molecule has 0 spiro atoms. The van der Waals surface area contributed by atoms with Crippen LogP contribution in [0.4, 0.5) is 0 Å². The Kier molecular flexibility index (Phi) is 4.49. The van der Waals surface area contributed by atoms with Crippen molar-refractivity contribution in [1.29, 1.82) is 0 Å². The molecule has 0 radical (unpaired) electrons. The van der Waals surface area contributed by atoms with Gasteiger partial charge in [-0.3, -0.25) is 10.00 Å². The lowest BCUT2D eigenvalue weighted by Crippen LogP contribution is -2.38. The molecule has 3 heterocycles. The van der Waals surface area contributed by atoms with Crippen molar-refractivity contribution in [1.82, 2.24) is 30.2 Å². The summed E-state index contributed by atoms with van der Waals surface area (Å²) >= 11 is 0. The number of aromatic nitrogens is 5. The average Bonchev–Trinajstić information content (AvgIpc) is 3.08. The van der Waals surface area contributed by atoms with Gasteiger partial charge < -0.3 is 9.26 Å². The SMILES string of the molecule is Cc1nc([C@H]2CN(Cc3noc(CC(C)C)n3)CCO2)n[nH]1. The smallest absolute Gasteiger partial charge is 0.226 e. The number of nitrogens with zero attached hydrogens (tertiary/aromatic N) is 5. The number of hydrogen-bond donors (Lipinski definition) is 1. The highest BCUT2D eigenvalue weighted by atomic mass is 16.5. The van der Waals surface area contributed by atoms with Crippen molar-refractivity contribution >= 4 is 0 Å². The summed E-state index contributed by atoms with van der Waals surface area (Å²) in [5, 5.41) is 11.1. The molecule has 8 nitrogen and oxygen atoms in total. The van der Waals surface area contributed by atoms with E-state index in [2.05, 4.69) is 44.1 Å². The number of H-pyrrole nitrogens is 1. The molecule has 0 aliphatic carbocycles. The molecule has 0 bridgehead atoms. The molecular weight excluding hydrogens is 284 g/mol. The lowest BCUT2D eigenvalue weighted by Gasteiger charge is -2.30. The minimum absolute atomic E-state index is 0.110. The lowest BCUT2D eigenvalue weighted by molar-refractivity contribution is -0.0379. The summed E-state index contributed by atoms with van der Waals surface area (Å²) in [6.45, 7) is 9.02. The summed E-state index contributed by atoms with van der Waals surface area (Å²) in [6, 6.07) is 0. The van der Waals surface area contributed by atoms with Crippen LogP contribution in [0.2, 0.25) is 0 Å². The van der Waals surface area contributed by atoms with E-state index in [-0.39, 0.29) is 6.10 Å². The first-order valence-corrected chi connectivity index (χ1v) is 7.64. The molecule has 2 aromatic heterocycles. The largest absolute Gasteiger partial charge is 0.367 e. The van der Waals surface area contributed by atoms with Crippen molar-refractivity contribution in [3.05, 3.63) is 23.4 Å². The van der Waals surface area contributed by atoms with E-state index in [1.807, 2.05) is 6.92 Å². The number of ether oxygens (including phenoxy) is 1. The van der Waals surface area contributed by atoms with Gasteiger partial charge in [-0.05, 0) is 12.8 Å². The summed E-state index contributed by atoms with van der Waals surface area (Å²) in [6.07, 6.45) is 0.704. The van der Waals surface area contributed by atoms with Crippen LogP contribution in [0.1, 0.15) is 43.3 Å². The van der Waals surface area contributed by atoms with Crippen molar-refractivity contribution in [2.75, 3.05) is 19.7 Å². The van der Waals surface area contributed by atoms with Gasteiger partial charge in [0.2, 0.25) is 5.89 Å². The molecule has 22 heavy (non-hydrogen) atoms. The molecule has 0 aromatic carbocycles. The molecule has 2 aromatic rings. The number of aryl methyl sites for hydroxylation is 1. The second-order valence-corrected chi connectivity index (χ2v) is 6.08. The Morgan fingerprint density at radius 2 is 2.23 bits per heavy atom. The first-order chi connectivity index (χ1) is 10.6. The number of morpholine rings is 1. The average molecular weight is 306 g/mol. The van der Waals surface area contributed by atoms with Gasteiger partial charge in [-0.25, -0.2) is 4.98 Å². The zero-order valence-corrected chi connectivity index (χ0v) is 13.2. The van der Waals surface area contributed by atoms with E-state index in [4.69, 9.17) is 9.26 Å². The summed E-state index contributed by atoms with van der Waals surface area (Å²) in [5.74, 6) is 3.44. The number of rotatable bonds is 5. The molecule has 1 aliphatic rings. The highest BCUT2D eigenvalue weighted by Crippen LogP contribution is 2.20. The van der Waals surface area contributed by atoms with Gasteiger partial charge in [0, 0.05) is 19.5 Å². The van der Waals surface area contributed by atoms with E-state index in [9.17, 15) is 0 Å². The molecule has 0 amide bonds. The van der Waals surface area contributed by atoms with Crippen molar-refractivity contribution in [3.63, 3.8) is 0 Å². The molecule has 120 valence electrons. The summed E-state index contributed by atoms with van der Waals surface area (Å²) in [4.78, 5) is 11.0. The zero-order valence-electron chi connectivity index (χ0n) is 13.2. The van der Waals surface area contributed by atoms with E-state index in [0.29, 0.717) is 30.8 Å². The first-order valence-electron chi connectivity index (χ1n) is 7.64. The van der Waals surface area contributed by atoms with E-state index < -0.39 is 0 Å². The van der Waals surface area contributed by atoms with Crippen molar-refractivity contribution in [3.8, 4) is 0 Å². The Morgan fingerprint density at radius 1 is 1.36 bits per heavy atom. The van der Waals surface area contributed by atoms with Crippen LogP contribution in [0.3, 0.4) is 0 Å². The minimum atomic E-state index is -0.110. The molecule has 1 fully saturated rings. The predicted octanol–water partition coefficient (Wildman–Crippen LogP) is 1.27. The summed E-state index contributed by atoms with van der Waals surface area (Å²) in [7, 11) is 0. The van der Waals surface area contributed by atoms with Gasteiger partial charge in [-0.2, -0.15) is 10.1 Å². The lowest BCUT2D eigenvalue weighted by atomic mass is 10.1. The third kappa shape index (κ3) is 3.69. The van der Waals surface area contributed by atoms with E-state index in [1.54, 1.807) is 0 Å². The Balaban J connectivity index is 1.59. The Labute approximate surface area is 129 Å². The Hall–Kier alpha value is -1.80. The minimum Gasteiger partial charge on any atom is -0.367 e. The molecule has 8 heteroatoms. The molecule has 0 unspecified atom stereocenters. The van der Waals surface area contributed by atoms with Crippen molar-refractivity contribution in [2.45, 2.75) is 39.8 Å². The highest BCUT2D eigenvalue weighted by Gasteiger charge is 2.26. The molecule has 1 saturated heterocycles. The highest BCUT2D eigenvalue weighted by molar-refractivity contribution is 4.96. The second kappa shape index (κ2) is 6.53. The third-order valence-electron chi connectivity index (χ3n) is 3.51. The van der Waals surface area contributed by atoms with Crippen LogP contribution in [0.15, 0.2) is 4.52 Å². The molecular formula is C14H22N6O2. The fourth-order valence-corrected chi connectivity index (χ4v) is 2.49. The standard InChI is InChI=1S/C14H22N6O2/c1-9(2)6-13-16-12(19-22-13)8-20-4-5-21-11(7-20)14-15-10(3)17-18-14/h9,11H,4-8H2,1-3H3,(H,15,17,18)/t11-/m1/s1. The second-order valence-electron chi connectivity index (χ2n) is 6.08. The van der Waals surface area contributed by atoms with Gasteiger partial charge in [-0.1, -0.05) is 19.0 Å². The topological polar surface area (TPSA) is 93.0 Å². The van der Waals surface area contributed by atoms with Gasteiger partial charge in [0.05, 0.1) is 13.2 Å². The number of nitrogens with one attached hydrogen (secondary N) is 1. The zero-order chi connectivity index (χ0) is 15.5. The quantitative estimate of drug-likeness (QED) is 0.889. The van der Waals surface area contributed by atoms with Crippen LogP contribution < -0.4 is 0 Å². The van der Waals surface area contributed by atoms with E-state index in [1.165, 1.54) is 0 Å². The molecule has 1 atom stereocenters. The van der Waals surface area contributed by atoms with Crippen LogP contribution in [0.5, 0.6) is 0 Å². The van der Waals surface area contributed by atoms with Gasteiger partial charge in [0.1, 0.15) is 11.9 Å². The Morgan fingerprint density at radius 3 is 2.95 bits per heavy atom. The van der Waals surface area contributed by atoms with Gasteiger partial charge in [0.25, 0.3) is 0 Å². The molecule has 1 N–H and O–H groups in total. The van der Waals surface area contributed by atoms with E-state index >= 15 is 0 Å². The molecule has 3 rings (SSSR count). The van der Waals surface area contributed by atoms with E-state index in [0.717, 1.165) is 31.2 Å². The molecule has 0 saturated carbocycles. The van der Waals surface area contributed by atoms with Crippen molar-refractivity contribution in [2.24, 2.45) is 5.92 Å². The van der Waals surface area contributed by atoms with Crippen molar-refractivity contribution < 1.29 is 9.26 Å². The van der Waals surface area contributed by atoms with Gasteiger partial charge in [0.15, 0.2) is 11.6 Å². The third-order valence-corrected chi connectivity index (χ3v) is 3.51. The maximum atomic E-state index is 5.75. The fourth-order valence-electron chi connectivity index (χ4n) is 2.49. The maximum Gasteiger partial charge on any atom is 0.226 e. The molecule has 1 aliphatic heterocycles. The monoisotopic (exact) mass is 306 g/mol. The first kappa shape index (κ1) is 15.1. The fraction of sp³-hybridized carbons (Fsp3) is 0.714. The number of hydrogen-bond acceptors (Lipinski definition) is 7. The predicted molar refractivity (Wildman–Crippen MR) is 77.9 cm³/mol. The maximum absolute atomic E-state index is 5.75. The van der Waals surface area contributed by atoms with Gasteiger partial charge >= 0.3 is 0 Å². The van der Waals surface area contributed by atoms with Crippen LogP contribution in [0.25, 0.3) is 0 Å². The van der Waals surface area contributed by atoms with Gasteiger partial charge in [-0.15, -0.1) is 0 Å².